The van der Waals surface area contributed by atoms with Crippen molar-refractivity contribution in [1.82, 2.24) is 9.62 Å². The van der Waals surface area contributed by atoms with Gasteiger partial charge in [0, 0.05) is 18.7 Å². The van der Waals surface area contributed by atoms with E-state index < -0.39 is 33.9 Å². The number of carbonyl (C=O) groups is 3. The maximum absolute atomic E-state index is 12.9. The van der Waals surface area contributed by atoms with E-state index >= 15 is 0 Å². The Morgan fingerprint density at radius 3 is 2.53 bits per heavy atom. The van der Waals surface area contributed by atoms with Crippen molar-refractivity contribution >= 4 is 27.7 Å². The minimum atomic E-state index is -3.78. The maximum atomic E-state index is 12.9. The highest BCUT2D eigenvalue weighted by atomic mass is 32.2. The Morgan fingerprint density at radius 2 is 1.91 bits per heavy atom. The Hall–Kier alpha value is -2.98. The van der Waals surface area contributed by atoms with Crippen LogP contribution in [0.4, 0.5) is 0 Å². The first-order valence-corrected chi connectivity index (χ1v) is 11.7. The number of carbonyl (C=O) groups excluding carboxylic acids is 3. The van der Waals surface area contributed by atoms with Gasteiger partial charge in [-0.05, 0) is 51.0 Å². The second-order valence-electron chi connectivity index (χ2n) is 7.64. The van der Waals surface area contributed by atoms with E-state index in [0.717, 1.165) is 0 Å². The van der Waals surface area contributed by atoms with Gasteiger partial charge in [-0.15, -0.1) is 0 Å². The molecule has 1 N–H and O–H groups in total. The van der Waals surface area contributed by atoms with Crippen molar-refractivity contribution in [2.75, 3.05) is 13.1 Å². The van der Waals surface area contributed by atoms with Crippen molar-refractivity contribution in [1.29, 1.82) is 0 Å². The summed E-state index contributed by atoms with van der Waals surface area (Å²) in [5.41, 5.74) is 0.323. The molecule has 0 bridgehead atoms. The van der Waals surface area contributed by atoms with E-state index in [-0.39, 0.29) is 43.2 Å². The molecular formula is C22H26N2O7S. The highest BCUT2D eigenvalue weighted by Gasteiger charge is 2.34. The second-order valence-corrected chi connectivity index (χ2v) is 9.58. The van der Waals surface area contributed by atoms with Gasteiger partial charge in [0.2, 0.25) is 10.0 Å². The highest BCUT2D eigenvalue weighted by Crippen LogP contribution is 2.25. The SMILES string of the molecule is CC(=O)c1cccc(S(=O)(=O)N2CCC(C(=O)O[C@@H](C)C(=O)NCc3ccco3)CC2)c1. The largest absolute Gasteiger partial charge is 0.467 e. The molecule has 3 rings (SSSR count). The van der Waals surface area contributed by atoms with Crippen LogP contribution >= 0.6 is 0 Å². The molecule has 0 aliphatic carbocycles. The minimum absolute atomic E-state index is 0.0491. The zero-order valence-electron chi connectivity index (χ0n) is 17.9. The lowest BCUT2D eigenvalue weighted by Crippen LogP contribution is -2.42. The lowest BCUT2D eigenvalue weighted by molar-refractivity contribution is -0.159. The number of nitrogens with one attached hydrogen (secondary N) is 1. The van der Waals surface area contributed by atoms with E-state index in [9.17, 15) is 22.8 Å². The minimum Gasteiger partial charge on any atom is -0.467 e. The summed E-state index contributed by atoms with van der Waals surface area (Å²) in [5.74, 6) is -1.10. The Balaban J connectivity index is 1.52. The molecule has 32 heavy (non-hydrogen) atoms. The number of piperidine rings is 1. The predicted octanol–water partition coefficient (Wildman–Crippen LogP) is 2.13. The summed E-state index contributed by atoms with van der Waals surface area (Å²) in [6.07, 6.45) is 1.09. The number of nitrogens with zero attached hydrogens (tertiary/aromatic N) is 1. The van der Waals surface area contributed by atoms with Crippen LogP contribution in [0.15, 0.2) is 52.0 Å². The molecule has 2 heterocycles. The third-order valence-electron chi connectivity index (χ3n) is 5.34. The number of ketones is 1. The highest BCUT2D eigenvalue weighted by molar-refractivity contribution is 7.89. The number of ether oxygens (including phenoxy) is 1. The second kappa shape index (κ2) is 10.1. The zero-order chi connectivity index (χ0) is 23.3. The molecule has 172 valence electrons. The molecule has 1 aromatic heterocycles. The molecule has 0 spiro atoms. The molecule has 0 saturated carbocycles. The van der Waals surface area contributed by atoms with Gasteiger partial charge in [-0.2, -0.15) is 4.31 Å². The molecule has 1 aliphatic rings. The summed E-state index contributed by atoms with van der Waals surface area (Å²) in [7, 11) is -3.78. The number of furan rings is 1. The predicted molar refractivity (Wildman–Crippen MR) is 114 cm³/mol. The number of sulfonamides is 1. The number of amides is 1. The van der Waals surface area contributed by atoms with E-state index in [1.807, 2.05) is 0 Å². The molecular weight excluding hydrogens is 436 g/mol. The molecule has 1 fully saturated rings. The zero-order valence-corrected chi connectivity index (χ0v) is 18.8. The number of Topliss-reactive ketones (excluding diaryl/α,β-unsaturated/α-hetero) is 1. The standard InChI is InChI=1S/C22H26N2O7S/c1-15(25)18-5-3-7-20(13-18)32(28,29)24-10-8-17(9-11-24)22(27)31-16(2)21(26)23-14-19-6-4-12-30-19/h3-7,12-13,16-17H,8-11,14H2,1-2H3,(H,23,26)/t16-/m0/s1. The van der Waals surface area contributed by atoms with Gasteiger partial charge in [-0.25, -0.2) is 8.42 Å². The smallest absolute Gasteiger partial charge is 0.309 e. The summed E-state index contributed by atoms with van der Waals surface area (Å²) in [4.78, 5) is 36.2. The van der Waals surface area contributed by atoms with Crippen LogP contribution in [0.1, 0.15) is 42.8 Å². The van der Waals surface area contributed by atoms with Crippen LogP contribution < -0.4 is 5.32 Å². The van der Waals surface area contributed by atoms with Crippen molar-refractivity contribution in [2.45, 2.75) is 44.2 Å². The lowest BCUT2D eigenvalue weighted by atomic mass is 9.98. The van der Waals surface area contributed by atoms with Gasteiger partial charge in [-0.3, -0.25) is 14.4 Å². The van der Waals surface area contributed by atoms with Gasteiger partial charge in [0.15, 0.2) is 11.9 Å². The van der Waals surface area contributed by atoms with Crippen LogP contribution in [0, 0.1) is 5.92 Å². The van der Waals surface area contributed by atoms with Crippen LogP contribution in [-0.2, 0) is 30.9 Å². The number of benzene rings is 1. The van der Waals surface area contributed by atoms with Gasteiger partial charge in [-0.1, -0.05) is 12.1 Å². The summed E-state index contributed by atoms with van der Waals surface area (Å²) in [6, 6.07) is 9.33. The van der Waals surface area contributed by atoms with Crippen molar-refractivity contribution in [3.63, 3.8) is 0 Å². The first kappa shape index (κ1) is 23.7. The van der Waals surface area contributed by atoms with E-state index in [2.05, 4.69) is 5.32 Å². The Morgan fingerprint density at radius 1 is 1.19 bits per heavy atom. The van der Waals surface area contributed by atoms with Gasteiger partial charge < -0.3 is 14.5 Å². The van der Waals surface area contributed by atoms with E-state index in [4.69, 9.17) is 9.15 Å². The van der Waals surface area contributed by atoms with E-state index in [0.29, 0.717) is 11.3 Å². The number of hydrogen-bond donors (Lipinski definition) is 1. The molecule has 1 amide bonds. The van der Waals surface area contributed by atoms with Crippen molar-refractivity contribution in [2.24, 2.45) is 5.92 Å². The summed E-state index contributed by atoms with van der Waals surface area (Å²) < 4.78 is 37.5. The fourth-order valence-corrected chi connectivity index (χ4v) is 4.93. The quantitative estimate of drug-likeness (QED) is 0.471. The molecule has 1 aromatic carbocycles. The molecule has 2 aromatic rings. The number of rotatable bonds is 8. The van der Waals surface area contributed by atoms with Gasteiger partial charge in [0.05, 0.1) is 23.6 Å². The molecule has 9 nitrogen and oxygen atoms in total. The van der Waals surface area contributed by atoms with Gasteiger partial charge in [0.1, 0.15) is 5.76 Å². The first-order valence-electron chi connectivity index (χ1n) is 10.3. The first-order chi connectivity index (χ1) is 15.2. The fourth-order valence-electron chi connectivity index (χ4n) is 3.41. The summed E-state index contributed by atoms with van der Waals surface area (Å²) >= 11 is 0. The van der Waals surface area contributed by atoms with E-state index in [1.54, 1.807) is 18.2 Å². The monoisotopic (exact) mass is 462 g/mol. The van der Waals surface area contributed by atoms with E-state index in [1.165, 1.54) is 42.6 Å². The van der Waals surface area contributed by atoms with Gasteiger partial charge >= 0.3 is 5.97 Å². The third kappa shape index (κ3) is 5.63. The molecule has 10 heteroatoms. The summed E-state index contributed by atoms with van der Waals surface area (Å²) in [5, 5.41) is 2.63. The number of hydrogen-bond acceptors (Lipinski definition) is 7. The average molecular weight is 463 g/mol. The lowest BCUT2D eigenvalue weighted by Gasteiger charge is -2.30. The molecule has 0 radical (unpaired) electrons. The normalized spacial score (nSPS) is 16.3. The Bertz CT molecular complexity index is 1070. The molecule has 1 aliphatic heterocycles. The van der Waals surface area contributed by atoms with Crippen LogP contribution in [0.3, 0.4) is 0 Å². The van der Waals surface area contributed by atoms with Crippen molar-refractivity contribution in [3.05, 3.63) is 54.0 Å². The fraction of sp³-hybridized carbons (Fsp3) is 0.409. The van der Waals surface area contributed by atoms with Crippen LogP contribution in [0.5, 0.6) is 0 Å². The van der Waals surface area contributed by atoms with Crippen LogP contribution in [0.25, 0.3) is 0 Å². The van der Waals surface area contributed by atoms with Crippen molar-refractivity contribution < 1.29 is 32.0 Å². The Kier molecular flexibility index (Phi) is 7.47. The van der Waals surface area contributed by atoms with Crippen LogP contribution in [-0.4, -0.2) is 49.6 Å². The third-order valence-corrected chi connectivity index (χ3v) is 7.24. The maximum Gasteiger partial charge on any atom is 0.309 e. The Labute approximate surface area is 186 Å². The topological polar surface area (TPSA) is 123 Å². The molecule has 1 atom stereocenters. The van der Waals surface area contributed by atoms with Crippen molar-refractivity contribution in [3.8, 4) is 0 Å². The summed E-state index contributed by atoms with van der Waals surface area (Å²) in [6.45, 7) is 3.34. The van der Waals surface area contributed by atoms with Gasteiger partial charge in [0.25, 0.3) is 5.91 Å². The molecule has 1 saturated heterocycles. The average Bonchev–Trinajstić information content (AvgIpc) is 3.31. The number of esters is 1. The van der Waals surface area contributed by atoms with Crippen LogP contribution in [0.2, 0.25) is 0 Å². The molecule has 0 unspecified atom stereocenters.